The molecule has 2 N–H and O–H groups in total. The van der Waals surface area contributed by atoms with E-state index in [1.165, 1.54) is 6.07 Å². The second-order valence-corrected chi connectivity index (χ2v) is 5.51. The maximum absolute atomic E-state index is 14.2. The molecule has 1 amide bonds. The first kappa shape index (κ1) is 23.1. The first-order valence-electron chi connectivity index (χ1n) is 7.64. The molecule has 2 atom stereocenters. The number of carbonyl (C=O) groups is 1. The lowest BCUT2D eigenvalue weighted by molar-refractivity contribution is -0.128. The fraction of sp³-hybridized carbons (Fsp3) is 0.562. The molecule has 1 aromatic carbocycles. The lowest BCUT2D eigenvalue weighted by Crippen LogP contribution is -2.48. The fourth-order valence-electron chi connectivity index (χ4n) is 2.49. The summed E-state index contributed by atoms with van der Waals surface area (Å²) in [6, 6.07) is 6.01. The van der Waals surface area contributed by atoms with Crippen molar-refractivity contribution < 1.29 is 13.9 Å². The third-order valence-corrected chi connectivity index (χ3v) is 3.93. The molecule has 0 bridgehead atoms. The van der Waals surface area contributed by atoms with E-state index in [2.05, 4.69) is 10.6 Å². The number of benzene rings is 1. The lowest BCUT2D eigenvalue weighted by Gasteiger charge is -2.34. The quantitative estimate of drug-likeness (QED) is 0.788. The number of nitrogens with one attached hydrogen (secondary N) is 2. The van der Waals surface area contributed by atoms with Crippen molar-refractivity contribution in [2.75, 3.05) is 39.9 Å². The number of hydrogen-bond donors (Lipinski definition) is 2. The molecule has 138 valence electrons. The number of halogens is 3. The molecule has 5 nitrogen and oxygen atoms in total. The van der Waals surface area contributed by atoms with Crippen molar-refractivity contribution in [1.82, 2.24) is 15.5 Å². The molecule has 1 fully saturated rings. The van der Waals surface area contributed by atoms with Gasteiger partial charge >= 0.3 is 0 Å². The second kappa shape index (κ2) is 11.6. The van der Waals surface area contributed by atoms with Crippen molar-refractivity contribution in [3.8, 4) is 0 Å². The van der Waals surface area contributed by atoms with Crippen LogP contribution in [0.25, 0.3) is 0 Å². The fourth-order valence-corrected chi connectivity index (χ4v) is 2.49. The Bertz CT molecular complexity index is 502. The van der Waals surface area contributed by atoms with Gasteiger partial charge in [-0.15, -0.1) is 24.8 Å². The third-order valence-electron chi connectivity index (χ3n) is 3.93. The highest BCUT2D eigenvalue weighted by Crippen LogP contribution is 2.24. The van der Waals surface area contributed by atoms with Crippen molar-refractivity contribution in [2.45, 2.75) is 19.0 Å². The Morgan fingerprint density at radius 1 is 1.29 bits per heavy atom. The van der Waals surface area contributed by atoms with Crippen LogP contribution in [-0.4, -0.2) is 56.7 Å². The molecule has 2 rings (SSSR count). The number of ether oxygens (including phenoxy) is 1. The monoisotopic (exact) mass is 381 g/mol. The first-order chi connectivity index (χ1) is 10.6. The molecule has 0 aliphatic carbocycles. The Labute approximate surface area is 155 Å². The number of amides is 1. The second-order valence-electron chi connectivity index (χ2n) is 5.51. The van der Waals surface area contributed by atoms with Crippen LogP contribution in [0, 0.1) is 5.82 Å². The van der Waals surface area contributed by atoms with Crippen molar-refractivity contribution in [3.05, 3.63) is 35.6 Å². The van der Waals surface area contributed by atoms with Gasteiger partial charge in [0.25, 0.3) is 0 Å². The smallest absolute Gasteiger partial charge is 0.242 e. The van der Waals surface area contributed by atoms with Crippen LogP contribution in [0.5, 0.6) is 0 Å². The molecular weight excluding hydrogens is 356 g/mol. The minimum atomic E-state index is -0.617. The Kier molecular flexibility index (Phi) is 11.2. The normalized spacial score (nSPS) is 17.1. The van der Waals surface area contributed by atoms with Crippen molar-refractivity contribution in [1.29, 1.82) is 0 Å². The summed E-state index contributed by atoms with van der Waals surface area (Å²) in [5, 5.41) is 5.97. The van der Waals surface area contributed by atoms with Crippen LogP contribution in [0.2, 0.25) is 0 Å². The van der Waals surface area contributed by atoms with E-state index in [1.807, 2.05) is 18.9 Å². The van der Waals surface area contributed by atoms with E-state index in [9.17, 15) is 9.18 Å². The van der Waals surface area contributed by atoms with Crippen LogP contribution >= 0.6 is 24.8 Å². The summed E-state index contributed by atoms with van der Waals surface area (Å²) in [7, 11) is 1.84. The summed E-state index contributed by atoms with van der Waals surface area (Å²) in [6.45, 7) is 4.84. The van der Waals surface area contributed by atoms with Gasteiger partial charge in [-0.25, -0.2) is 4.39 Å². The van der Waals surface area contributed by atoms with Crippen LogP contribution in [0.3, 0.4) is 0 Å². The van der Waals surface area contributed by atoms with Crippen molar-refractivity contribution in [3.63, 3.8) is 0 Å². The highest BCUT2D eigenvalue weighted by molar-refractivity contribution is 5.85. The van der Waals surface area contributed by atoms with Gasteiger partial charge < -0.3 is 15.4 Å². The molecule has 1 saturated heterocycles. The predicted octanol–water partition coefficient (Wildman–Crippen LogP) is 1.77. The average molecular weight is 382 g/mol. The number of likely N-dealkylation sites (N-methyl/N-ethyl adjacent to an activating group) is 1. The molecule has 8 heteroatoms. The minimum Gasteiger partial charge on any atom is -0.379 e. The summed E-state index contributed by atoms with van der Waals surface area (Å²) in [6.07, 6.45) is 0. The van der Waals surface area contributed by atoms with E-state index in [-0.39, 0.29) is 42.6 Å². The number of hydrogen-bond acceptors (Lipinski definition) is 4. The zero-order chi connectivity index (χ0) is 15.9. The van der Waals surface area contributed by atoms with Crippen LogP contribution in [-0.2, 0) is 9.53 Å². The van der Waals surface area contributed by atoms with E-state index < -0.39 is 6.04 Å². The molecule has 2 unspecified atom stereocenters. The van der Waals surface area contributed by atoms with Gasteiger partial charge in [-0.05, 0) is 20.0 Å². The number of nitrogens with zero attached hydrogens (tertiary/aromatic N) is 1. The molecule has 1 heterocycles. The molecule has 0 spiro atoms. The van der Waals surface area contributed by atoms with E-state index in [0.717, 1.165) is 0 Å². The van der Waals surface area contributed by atoms with E-state index in [0.29, 0.717) is 38.4 Å². The summed E-state index contributed by atoms with van der Waals surface area (Å²) < 4.78 is 19.5. The predicted molar refractivity (Wildman–Crippen MR) is 97.6 cm³/mol. The van der Waals surface area contributed by atoms with Gasteiger partial charge in [0.2, 0.25) is 5.91 Å². The third kappa shape index (κ3) is 6.18. The lowest BCUT2D eigenvalue weighted by atomic mass is 10.0. The zero-order valence-corrected chi connectivity index (χ0v) is 15.6. The topological polar surface area (TPSA) is 53.6 Å². The Morgan fingerprint density at radius 3 is 2.50 bits per heavy atom. The SMILES string of the molecule is CNC(C)CNC(=O)C(c1ccccc1F)N1CCOCC1.Cl.Cl. The number of rotatable bonds is 6. The standard InChI is InChI=1S/C16H24FN3O2.2ClH/c1-12(18-2)11-19-16(21)15(20-7-9-22-10-8-20)13-5-3-4-6-14(13)17;;/h3-6,12,15,18H,7-11H2,1-2H3,(H,19,21);2*1H. The molecule has 1 aliphatic heterocycles. The summed E-state index contributed by atoms with van der Waals surface area (Å²) in [5.74, 6) is -0.523. The van der Waals surface area contributed by atoms with Gasteiger partial charge in [-0.1, -0.05) is 18.2 Å². The molecular formula is C16H26Cl2FN3O2. The molecule has 0 saturated carbocycles. The minimum absolute atomic E-state index is 0. The highest BCUT2D eigenvalue weighted by atomic mass is 35.5. The number of morpholine rings is 1. The van der Waals surface area contributed by atoms with Crippen LogP contribution in [0.4, 0.5) is 4.39 Å². The maximum Gasteiger partial charge on any atom is 0.242 e. The van der Waals surface area contributed by atoms with Gasteiger partial charge in [0, 0.05) is 31.2 Å². The molecule has 0 radical (unpaired) electrons. The van der Waals surface area contributed by atoms with Crippen LogP contribution in [0.15, 0.2) is 24.3 Å². The van der Waals surface area contributed by atoms with Gasteiger partial charge in [0.1, 0.15) is 11.9 Å². The van der Waals surface area contributed by atoms with Gasteiger partial charge in [-0.3, -0.25) is 9.69 Å². The van der Waals surface area contributed by atoms with Gasteiger partial charge in [0.15, 0.2) is 0 Å². The van der Waals surface area contributed by atoms with E-state index in [4.69, 9.17) is 4.74 Å². The van der Waals surface area contributed by atoms with Crippen molar-refractivity contribution >= 4 is 30.7 Å². The van der Waals surface area contributed by atoms with Gasteiger partial charge in [-0.2, -0.15) is 0 Å². The van der Waals surface area contributed by atoms with E-state index >= 15 is 0 Å². The first-order valence-corrected chi connectivity index (χ1v) is 7.64. The summed E-state index contributed by atoms with van der Waals surface area (Å²) in [5.41, 5.74) is 0.416. The Hall–Kier alpha value is -0.920. The Morgan fingerprint density at radius 2 is 1.92 bits per heavy atom. The van der Waals surface area contributed by atoms with Gasteiger partial charge in [0.05, 0.1) is 13.2 Å². The van der Waals surface area contributed by atoms with E-state index in [1.54, 1.807) is 18.2 Å². The zero-order valence-electron chi connectivity index (χ0n) is 14.0. The average Bonchev–Trinajstić information content (AvgIpc) is 2.55. The summed E-state index contributed by atoms with van der Waals surface area (Å²) >= 11 is 0. The molecule has 0 aromatic heterocycles. The van der Waals surface area contributed by atoms with Crippen LogP contribution < -0.4 is 10.6 Å². The highest BCUT2D eigenvalue weighted by Gasteiger charge is 2.30. The maximum atomic E-state index is 14.2. The Balaban J connectivity index is 0.00000264. The molecule has 1 aliphatic rings. The largest absolute Gasteiger partial charge is 0.379 e. The van der Waals surface area contributed by atoms with Crippen molar-refractivity contribution in [2.24, 2.45) is 0 Å². The van der Waals surface area contributed by atoms with Crippen LogP contribution in [0.1, 0.15) is 18.5 Å². The summed E-state index contributed by atoms with van der Waals surface area (Å²) in [4.78, 5) is 14.6. The molecule has 1 aromatic rings. The molecule has 24 heavy (non-hydrogen) atoms. The number of carbonyl (C=O) groups excluding carboxylic acids is 1.